The fourth-order valence-electron chi connectivity index (χ4n) is 3.27. The van der Waals surface area contributed by atoms with E-state index in [4.69, 9.17) is 0 Å². The summed E-state index contributed by atoms with van der Waals surface area (Å²) in [5.74, 6) is 1.90. The lowest BCUT2D eigenvalue weighted by Crippen LogP contribution is -2.31. The zero-order valence-electron chi connectivity index (χ0n) is 15.2. The van der Waals surface area contributed by atoms with Gasteiger partial charge in [0.05, 0.1) is 6.20 Å². The average molecular weight is 345 g/mol. The van der Waals surface area contributed by atoms with E-state index in [2.05, 4.69) is 87.8 Å². The predicted molar refractivity (Wildman–Crippen MR) is 105 cm³/mol. The summed E-state index contributed by atoms with van der Waals surface area (Å²) >= 11 is 0. The Morgan fingerprint density at radius 3 is 2.54 bits per heavy atom. The van der Waals surface area contributed by atoms with Crippen LogP contribution in [0.4, 0.5) is 17.5 Å². The number of fused-ring (bicyclic) bond motifs is 1. The number of benzene rings is 2. The molecule has 5 nitrogen and oxygen atoms in total. The van der Waals surface area contributed by atoms with Crippen molar-refractivity contribution in [1.82, 2.24) is 15.2 Å². The maximum Gasteiger partial charge on any atom is 0.249 e. The lowest BCUT2D eigenvalue weighted by Gasteiger charge is -2.29. The zero-order chi connectivity index (χ0) is 17.9. The van der Waals surface area contributed by atoms with Crippen LogP contribution < -0.4 is 10.2 Å². The second kappa shape index (κ2) is 7.12. The summed E-state index contributed by atoms with van der Waals surface area (Å²) in [7, 11) is 0. The SMILES string of the molecule is CC(C)c1ccc(Nc2nncc(N3CCc4ccccc4C3)n2)cc1. The van der Waals surface area contributed by atoms with Gasteiger partial charge in [0.25, 0.3) is 0 Å². The van der Waals surface area contributed by atoms with E-state index in [9.17, 15) is 0 Å². The van der Waals surface area contributed by atoms with Crippen LogP contribution in [0.15, 0.2) is 54.7 Å². The molecule has 132 valence electrons. The van der Waals surface area contributed by atoms with Gasteiger partial charge in [0, 0.05) is 18.8 Å². The van der Waals surface area contributed by atoms with Gasteiger partial charge < -0.3 is 10.2 Å². The fourth-order valence-corrected chi connectivity index (χ4v) is 3.27. The van der Waals surface area contributed by atoms with Gasteiger partial charge in [-0.2, -0.15) is 10.1 Å². The number of nitrogens with zero attached hydrogens (tertiary/aromatic N) is 4. The van der Waals surface area contributed by atoms with E-state index < -0.39 is 0 Å². The number of hydrogen-bond donors (Lipinski definition) is 1. The highest BCUT2D eigenvalue weighted by atomic mass is 15.3. The van der Waals surface area contributed by atoms with E-state index in [0.717, 1.165) is 31.0 Å². The first-order valence-corrected chi connectivity index (χ1v) is 9.07. The third kappa shape index (κ3) is 3.52. The van der Waals surface area contributed by atoms with Gasteiger partial charge in [0.15, 0.2) is 5.82 Å². The minimum absolute atomic E-state index is 0.521. The van der Waals surface area contributed by atoms with Crippen LogP contribution in [0.2, 0.25) is 0 Å². The van der Waals surface area contributed by atoms with Crippen LogP contribution in [0.25, 0.3) is 0 Å². The molecule has 0 fully saturated rings. The molecular weight excluding hydrogens is 322 g/mol. The summed E-state index contributed by atoms with van der Waals surface area (Å²) in [6, 6.07) is 17.0. The Bertz CT molecular complexity index is 889. The average Bonchev–Trinajstić information content (AvgIpc) is 2.68. The summed E-state index contributed by atoms with van der Waals surface area (Å²) in [6.45, 7) is 6.18. The largest absolute Gasteiger partial charge is 0.350 e. The van der Waals surface area contributed by atoms with Crippen LogP contribution in [0.1, 0.15) is 36.5 Å². The van der Waals surface area contributed by atoms with Gasteiger partial charge in [-0.15, -0.1) is 5.10 Å². The number of nitrogens with one attached hydrogen (secondary N) is 1. The summed E-state index contributed by atoms with van der Waals surface area (Å²) in [5, 5.41) is 11.5. The van der Waals surface area contributed by atoms with Gasteiger partial charge in [-0.3, -0.25) is 0 Å². The summed E-state index contributed by atoms with van der Waals surface area (Å²) in [4.78, 5) is 6.92. The Hall–Kier alpha value is -2.95. The first-order chi connectivity index (χ1) is 12.7. The van der Waals surface area contributed by atoms with Gasteiger partial charge in [-0.05, 0) is 41.2 Å². The number of anilines is 3. The molecule has 0 atom stereocenters. The highest BCUT2D eigenvalue weighted by molar-refractivity contribution is 5.55. The summed E-state index contributed by atoms with van der Waals surface area (Å²) in [5.41, 5.74) is 5.07. The standard InChI is InChI=1S/C21H23N5/c1-15(2)16-7-9-19(10-8-16)23-21-24-20(13-22-25-21)26-12-11-17-5-3-4-6-18(17)14-26/h3-10,13,15H,11-12,14H2,1-2H3,(H,23,24,25). The second-order valence-electron chi connectivity index (χ2n) is 6.98. The molecule has 0 spiro atoms. The van der Waals surface area contributed by atoms with Crippen molar-refractivity contribution in [3.05, 3.63) is 71.4 Å². The molecule has 0 bridgehead atoms. The second-order valence-corrected chi connectivity index (χ2v) is 6.98. The Morgan fingerprint density at radius 1 is 1.00 bits per heavy atom. The first kappa shape index (κ1) is 16.5. The minimum atomic E-state index is 0.521. The molecule has 1 aliphatic heterocycles. The smallest absolute Gasteiger partial charge is 0.249 e. The third-order valence-corrected chi connectivity index (χ3v) is 4.83. The minimum Gasteiger partial charge on any atom is -0.350 e. The fraction of sp³-hybridized carbons (Fsp3) is 0.286. The van der Waals surface area contributed by atoms with Crippen molar-refractivity contribution in [2.24, 2.45) is 0 Å². The van der Waals surface area contributed by atoms with Crippen LogP contribution in [-0.2, 0) is 13.0 Å². The number of aromatic nitrogens is 3. The normalized spacial score (nSPS) is 13.6. The molecule has 3 aromatic rings. The summed E-state index contributed by atoms with van der Waals surface area (Å²) in [6.07, 6.45) is 2.76. The Morgan fingerprint density at radius 2 is 1.77 bits per heavy atom. The molecule has 26 heavy (non-hydrogen) atoms. The zero-order valence-corrected chi connectivity index (χ0v) is 15.2. The van der Waals surface area contributed by atoms with Gasteiger partial charge in [-0.1, -0.05) is 50.2 Å². The topological polar surface area (TPSA) is 53.9 Å². The van der Waals surface area contributed by atoms with Crippen molar-refractivity contribution < 1.29 is 0 Å². The number of hydrogen-bond acceptors (Lipinski definition) is 5. The van der Waals surface area contributed by atoms with Gasteiger partial charge in [0.2, 0.25) is 5.95 Å². The molecule has 2 aromatic carbocycles. The van der Waals surface area contributed by atoms with Crippen molar-refractivity contribution in [3.63, 3.8) is 0 Å². The molecule has 0 unspecified atom stereocenters. The molecule has 0 radical (unpaired) electrons. The predicted octanol–water partition coefficient (Wildman–Crippen LogP) is 4.30. The van der Waals surface area contributed by atoms with E-state index in [-0.39, 0.29) is 0 Å². The van der Waals surface area contributed by atoms with Crippen molar-refractivity contribution in [3.8, 4) is 0 Å². The van der Waals surface area contributed by atoms with Gasteiger partial charge >= 0.3 is 0 Å². The lowest BCUT2D eigenvalue weighted by atomic mass is 10.0. The quantitative estimate of drug-likeness (QED) is 0.764. The van der Waals surface area contributed by atoms with E-state index in [1.165, 1.54) is 16.7 Å². The molecule has 4 rings (SSSR count). The van der Waals surface area contributed by atoms with Crippen LogP contribution in [0.3, 0.4) is 0 Å². The van der Waals surface area contributed by atoms with E-state index >= 15 is 0 Å². The highest BCUT2D eigenvalue weighted by Gasteiger charge is 2.17. The Kier molecular flexibility index (Phi) is 4.52. The summed E-state index contributed by atoms with van der Waals surface area (Å²) < 4.78 is 0. The van der Waals surface area contributed by atoms with Crippen molar-refractivity contribution in [2.45, 2.75) is 32.7 Å². The van der Waals surface area contributed by atoms with Gasteiger partial charge in [-0.25, -0.2) is 0 Å². The maximum atomic E-state index is 4.66. The molecular formula is C21H23N5. The molecule has 5 heteroatoms. The van der Waals surface area contributed by atoms with Crippen molar-refractivity contribution in [2.75, 3.05) is 16.8 Å². The third-order valence-electron chi connectivity index (χ3n) is 4.83. The molecule has 0 saturated carbocycles. The molecule has 0 saturated heterocycles. The van der Waals surface area contributed by atoms with Gasteiger partial charge in [0.1, 0.15) is 0 Å². The molecule has 1 aromatic heterocycles. The van der Waals surface area contributed by atoms with Crippen LogP contribution in [0.5, 0.6) is 0 Å². The monoisotopic (exact) mass is 345 g/mol. The van der Waals surface area contributed by atoms with Crippen molar-refractivity contribution in [1.29, 1.82) is 0 Å². The van der Waals surface area contributed by atoms with Crippen LogP contribution in [0, 0.1) is 0 Å². The van der Waals surface area contributed by atoms with Crippen molar-refractivity contribution >= 4 is 17.5 Å². The Labute approximate surface area is 154 Å². The molecule has 0 aliphatic carbocycles. The molecule has 2 heterocycles. The molecule has 1 aliphatic rings. The van der Waals surface area contributed by atoms with E-state index in [1.54, 1.807) is 6.20 Å². The molecule has 0 amide bonds. The Balaban J connectivity index is 1.50. The van der Waals surface area contributed by atoms with Crippen LogP contribution in [-0.4, -0.2) is 21.7 Å². The number of rotatable bonds is 4. The first-order valence-electron chi connectivity index (χ1n) is 9.07. The maximum absolute atomic E-state index is 4.66. The molecule has 1 N–H and O–H groups in total. The highest BCUT2D eigenvalue weighted by Crippen LogP contribution is 2.24. The van der Waals surface area contributed by atoms with E-state index in [1.807, 2.05) is 0 Å². The lowest BCUT2D eigenvalue weighted by molar-refractivity contribution is 0.715. The van der Waals surface area contributed by atoms with Crippen LogP contribution >= 0.6 is 0 Å². The van der Waals surface area contributed by atoms with E-state index in [0.29, 0.717) is 11.9 Å².